The minimum atomic E-state index is 0.560. The lowest BCUT2D eigenvalue weighted by molar-refractivity contribution is 0.203. The van der Waals surface area contributed by atoms with E-state index in [-0.39, 0.29) is 0 Å². The molecule has 3 rings (SSSR count). The summed E-state index contributed by atoms with van der Waals surface area (Å²) in [5.74, 6) is 0.681. The van der Waals surface area contributed by atoms with Gasteiger partial charge in [-0.2, -0.15) is 0 Å². The van der Waals surface area contributed by atoms with Crippen LogP contribution in [0.2, 0.25) is 0 Å². The van der Waals surface area contributed by atoms with Crippen LogP contribution in [0.25, 0.3) is 0 Å². The zero-order valence-electron chi connectivity index (χ0n) is 10.8. The number of hydrogen-bond donors (Lipinski definition) is 1. The zero-order chi connectivity index (χ0) is 12.4. The molecule has 2 saturated carbocycles. The van der Waals surface area contributed by atoms with Crippen LogP contribution in [0.3, 0.4) is 0 Å². The van der Waals surface area contributed by atoms with Crippen molar-refractivity contribution in [2.45, 2.75) is 44.3 Å². The number of nitrogens with one attached hydrogen (secondary N) is 1. The predicted octanol–water partition coefficient (Wildman–Crippen LogP) is 0.937. The maximum Gasteiger partial charge on any atom is 0.318 e. The van der Waals surface area contributed by atoms with Crippen molar-refractivity contribution in [3.05, 3.63) is 5.89 Å². The fourth-order valence-corrected chi connectivity index (χ4v) is 1.96. The van der Waals surface area contributed by atoms with Gasteiger partial charge in [-0.3, -0.25) is 0 Å². The molecular formula is C12H20N4O2. The first-order chi connectivity index (χ1) is 8.86. The van der Waals surface area contributed by atoms with Crippen LogP contribution in [-0.4, -0.2) is 42.5 Å². The van der Waals surface area contributed by atoms with E-state index >= 15 is 0 Å². The lowest BCUT2D eigenvalue weighted by Gasteiger charge is -2.18. The third-order valence-electron chi connectivity index (χ3n) is 3.35. The molecule has 1 heterocycles. The number of anilines is 1. The molecule has 6 nitrogen and oxygen atoms in total. The van der Waals surface area contributed by atoms with Crippen molar-refractivity contribution in [2.75, 3.05) is 25.2 Å². The van der Waals surface area contributed by atoms with Gasteiger partial charge in [-0.25, -0.2) is 0 Å². The Hall–Kier alpha value is -1.14. The lowest BCUT2D eigenvalue weighted by atomic mass is 10.5. The second-order valence-electron chi connectivity index (χ2n) is 5.05. The molecule has 0 unspecified atom stereocenters. The van der Waals surface area contributed by atoms with Crippen LogP contribution in [0.1, 0.15) is 31.6 Å². The van der Waals surface area contributed by atoms with Crippen molar-refractivity contribution >= 4 is 6.01 Å². The third kappa shape index (κ3) is 3.00. The zero-order valence-corrected chi connectivity index (χ0v) is 10.8. The number of methoxy groups -OCH3 is 1. The van der Waals surface area contributed by atoms with Crippen molar-refractivity contribution in [1.82, 2.24) is 15.5 Å². The largest absolute Gasteiger partial charge is 0.407 e. The quantitative estimate of drug-likeness (QED) is 0.743. The van der Waals surface area contributed by atoms with E-state index in [2.05, 4.69) is 20.4 Å². The molecule has 0 saturated heterocycles. The summed E-state index contributed by atoms with van der Waals surface area (Å²) in [6, 6.07) is 1.86. The summed E-state index contributed by atoms with van der Waals surface area (Å²) in [6.07, 6.45) is 4.95. The van der Waals surface area contributed by atoms with Crippen LogP contribution >= 0.6 is 0 Å². The van der Waals surface area contributed by atoms with Crippen LogP contribution in [0.15, 0.2) is 4.42 Å². The van der Waals surface area contributed by atoms with Crippen molar-refractivity contribution in [2.24, 2.45) is 0 Å². The molecule has 0 radical (unpaired) electrons. The summed E-state index contributed by atoms with van der Waals surface area (Å²) < 4.78 is 10.8. The van der Waals surface area contributed by atoms with E-state index in [0.717, 1.165) is 6.54 Å². The van der Waals surface area contributed by atoms with Gasteiger partial charge in [0.05, 0.1) is 13.2 Å². The fraction of sp³-hybridized carbons (Fsp3) is 0.833. The minimum Gasteiger partial charge on any atom is -0.407 e. The van der Waals surface area contributed by atoms with E-state index in [1.165, 1.54) is 25.7 Å². The summed E-state index contributed by atoms with van der Waals surface area (Å²) in [4.78, 5) is 2.16. The highest BCUT2D eigenvalue weighted by Crippen LogP contribution is 2.30. The lowest BCUT2D eigenvalue weighted by Crippen LogP contribution is -2.29. The normalized spacial score (nSPS) is 19.2. The van der Waals surface area contributed by atoms with Crippen molar-refractivity contribution in [3.8, 4) is 0 Å². The highest BCUT2D eigenvalue weighted by atomic mass is 16.5. The maximum absolute atomic E-state index is 5.71. The molecular weight excluding hydrogens is 232 g/mol. The Balaban J connectivity index is 1.57. The molecule has 0 aliphatic heterocycles. The number of nitrogens with zero attached hydrogens (tertiary/aromatic N) is 3. The monoisotopic (exact) mass is 252 g/mol. The number of rotatable bonds is 8. The first-order valence-electron chi connectivity index (χ1n) is 6.68. The summed E-state index contributed by atoms with van der Waals surface area (Å²) in [7, 11) is 1.71. The van der Waals surface area contributed by atoms with E-state index in [1.54, 1.807) is 7.11 Å². The molecule has 100 valence electrons. The van der Waals surface area contributed by atoms with Crippen LogP contribution in [0.5, 0.6) is 0 Å². The predicted molar refractivity (Wildman–Crippen MR) is 66.4 cm³/mol. The fourth-order valence-electron chi connectivity index (χ4n) is 1.96. The molecule has 0 aromatic carbocycles. The molecule has 2 fully saturated rings. The Morgan fingerprint density at radius 1 is 1.33 bits per heavy atom. The highest BCUT2D eigenvalue weighted by Gasteiger charge is 2.32. The van der Waals surface area contributed by atoms with Crippen LogP contribution in [0, 0.1) is 0 Å². The molecule has 0 amide bonds. The number of aromatic nitrogens is 2. The van der Waals surface area contributed by atoms with E-state index in [1.807, 2.05) is 0 Å². The van der Waals surface area contributed by atoms with Crippen LogP contribution < -0.4 is 10.2 Å². The average Bonchev–Trinajstić information content (AvgIpc) is 3.28. The van der Waals surface area contributed by atoms with E-state index in [4.69, 9.17) is 9.15 Å². The molecule has 18 heavy (non-hydrogen) atoms. The van der Waals surface area contributed by atoms with Gasteiger partial charge in [-0.15, -0.1) is 5.10 Å². The highest BCUT2D eigenvalue weighted by molar-refractivity contribution is 5.29. The summed E-state index contributed by atoms with van der Waals surface area (Å²) >= 11 is 0. The topological polar surface area (TPSA) is 63.4 Å². The van der Waals surface area contributed by atoms with Gasteiger partial charge in [-0.05, 0) is 25.7 Å². The van der Waals surface area contributed by atoms with Crippen molar-refractivity contribution in [3.63, 3.8) is 0 Å². The molecule has 2 aliphatic rings. The molecule has 0 bridgehead atoms. The third-order valence-corrected chi connectivity index (χ3v) is 3.35. The Morgan fingerprint density at radius 2 is 2.17 bits per heavy atom. The van der Waals surface area contributed by atoms with E-state index in [0.29, 0.717) is 37.1 Å². The summed E-state index contributed by atoms with van der Waals surface area (Å²) in [5, 5.41) is 11.6. The molecule has 0 atom stereocenters. The second kappa shape index (κ2) is 5.24. The smallest absolute Gasteiger partial charge is 0.318 e. The van der Waals surface area contributed by atoms with Gasteiger partial charge in [-0.1, -0.05) is 5.10 Å². The van der Waals surface area contributed by atoms with E-state index in [9.17, 15) is 0 Å². The Kier molecular flexibility index (Phi) is 3.47. The number of hydrogen-bond acceptors (Lipinski definition) is 6. The first-order valence-corrected chi connectivity index (χ1v) is 6.68. The SMILES string of the molecule is COCCN(c1nnc(CNC2CC2)o1)C1CC1. The molecule has 1 aromatic rings. The van der Waals surface area contributed by atoms with Gasteiger partial charge in [0, 0.05) is 25.7 Å². The van der Waals surface area contributed by atoms with E-state index < -0.39 is 0 Å². The first kappa shape index (κ1) is 11.9. The van der Waals surface area contributed by atoms with Gasteiger partial charge in [0.25, 0.3) is 0 Å². The van der Waals surface area contributed by atoms with Gasteiger partial charge in [0.1, 0.15) is 0 Å². The average molecular weight is 252 g/mol. The summed E-state index contributed by atoms with van der Waals surface area (Å²) in [5.41, 5.74) is 0. The molecule has 0 spiro atoms. The minimum absolute atomic E-state index is 0.560. The standard InChI is InChI=1S/C12H20N4O2/c1-17-7-6-16(10-4-5-10)12-15-14-11(18-12)8-13-9-2-3-9/h9-10,13H,2-8H2,1H3. The van der Waals surface area contributed by atoms with Crippen LogP contribution in [0.4, 0.5) is 6.01 Å². The molecule has 1 N–H and O–H groups in total. The molecule has 2 aliphatic carbocycles. The summed E-state index contributed by atoms with van der Waals surface area (Å²) in [6.45, 7) is 2.19. The van der Waals surface area contributed by atoms with Gasteiger partial charge >= 0.3 is 6.01 Å². The Bertz CT molecular complexity index is 387. The van der Waals surface area contributed by atoms with Crippen LogP contribution in [-0.2, 0) is 11.3 Å². The second-order valence-corrected chi connectivity index (χ2v) is 5.05. The van der Waals surface area contributed by atoms with Gasteiger partial charge in [0.15, 0.2) is 0 Å². The number of ether oxygens (including phenoxy) is 1. The Labute approximate surface area is 107 Å². The van der Waals surface area contributed by atoms with Crippen molar-refractivity contribution in [1.29, 1.82) is 0 Å². The Morgan fingerprint density at radius 3 is 2.83 bits per heavy atom. The maximum atomic E-state index is 5.71. The molecule has 6 heteroatoms. The van der Waals surface area contributed by atoms with Crippen molar-refractivity contribution < 1.29 is 9.15 Å². The molecule has 1 aromatic heterocycles. The van der Waals surface area contributed by atoms with Gasteiger partial charge < -0.3 is 19.4 Å². The van der Waals surface area contributed by atoms with Gasteiger partial charge in [0.2, 0.25) is 5.89 Å².